The molecule has 0 radical (unpaired) electrons. The van der Waals surface area contributed by atoms with Gasteiger partial charge >= 0.3 is 0 Å². The molecule has 0 aliphatic carbocycles. The molecule has 1 heterocycles. The first kappa shape index (κ1) is 16.2. The van der Waals surface area contributed by atoms with E-state index in [4.69, 9.17) is 5.73 Å². The summed E-state index contributed by atoms with van der Waals surface area (Å²) in [6, 6.07) is 8.46. The lowest BCUT2D eigenvalue weighted by molar-refractivity contribution is 0.612. The molecule has 114 valence electrons. The zero-order valence-electron chi connectivity index (χ0n) is 12.5. The van der Waals surface area contributed by atoms with E-state index in [9.17, 15) is 9.65 Å². The van der Waals surface area contributed by atoms with Crippen LogP contribution in [-0.2, 0) is 6.42 Å². The van der Waals surface area contributed by atoms with Gasteiger partial charge in [0, 0.05) is 11.7 Å². The molecule has 0 bridgehead atoms. The molecule has 0 spiro atoms. The number of benzene rings is 1. The largest absolute Gasteiger partial charge is 0.382 e. The quantitative estimate of drug-likeness (QED) is 0.674. The number of aromatic nitrogens is 2. The molecular weight excluding hydrogens is 299 g/mol. The number of thioether (sulfide) groups is 1. The SMILES string of the molecule is CCC(C)Sc1nc(N)c(C#N)c(Cc2ccccc2F)n1. The number of rotatable bonds is 5. The van der Waals surface area contributed by atoms with E-state index in [0.29, 0.717) is 21.7 Å². The molecule has 0 amide bonds. The lowest BCUT2D eigenvalue weighted by atomic mass is 10.1. The number of nitrogens with zero attached hydrogens (tertiary/aromatic N) is 3. The van der Waals surface area contributed by atoms with Crippen molar-refractivity contribution in [3.63, 3.8) is 0 Å². The minimum absolute atomic E-state index is 0.148. The summed E-state index contributed by atoms with van der Waals surface area (Å²) in [5, 5.41) is 10.1. The molecule has 1 atom stereocenters. The van der Waals surface area contributed by atoms with Gasteiger partial charge in [-0.2, -0.15) is 5.26 Å². The standard InChI is InChI=1S/C16H17FN4S/c1-3-10(2)22-16-20-14(12(9-18)15(19)21-16)8-11-6-4-5-7-13(11)17/h4-7,10H,3,8H2,1-2H3,(H2,19,20,21). The van der Waals surface area contributed by atoms with Crippen LogP contribution in [0.4, 0.5) is 10.2 Å². The van der Waals surface area contributed by atoms with Crippen LogP contribution in [0.3, 0.4) is 0 Å². The van der Waals surface area contributed by atoms with Crippen molar-refractivity contribution in [2.45, 2.75) is 37.1 Å². The van der Waals surface area contributed by atoms with Gasteiger partial charge in [-0.05, 0) is 18.1 Å². The van der Waals surface area contributed by atoms with E-state index >= 15 is 0 Å². The van der Waals surface area contributed by atoms with Crippen molar-refractivity contribution in [1.82, 2.24) is 9.97 Å². The molecule has 1 aromatic carbocycles. The third-order valence-electron chi connectivity index (χ3n) is 3.30. The molecule has 2 aromatic rings. The highest BCUT2D eigenvalue weighted by molar-refractivity contribution is 7.99. The van der Waals surface area contributed by atoms with Gasteiger partial charge in [-0.15, -0.1) is 0 Å². The van der Waals surface area contributed by atoms with Gasteiger partial charge in [0.1, 0.15) is 23.3 Å². The van der Waals surface area contributed by atoms with Crippen molar-refractivity contribution in [2.75, 3.05) is 5.73 Å². The number of hydrogen-bond donors (Lipinski definition) is 1. The van der Waals surface area contributed by atoms with E-state index in [1.807, 2.05) is 6.07 Å². The Balaban J connectivity index is 2.40. The Morgan fingerprint density at radius 3 is 2.73 bits per heavy atom. The molecule has 0 fully saturated rings. The lowest BCUT2D eigenvalue weighted by Gasteiger charge is -2.11. The summed E-state index contributed by atoms with van der Waals surface area (Å²) < 4.78 is 13.8. The Bertz CT molecular complexity index is 712. The molecule has 1 unspecified atom stereocenters. The highest BCUT2D eigenvalue weighted by Gasteiger charge is 2.15. The molecular formula is C16H17FN4S. The van der Waals surface area contributed by atoms with Crippen LogP contribution in [0.1, 0.15) is 37.1 Å². The molecule has 2 N–H and O–H groups in total. The average molecular weight is 316 g/mol. The van der Waals surface area contributed by atoms with Crippen molar-refractivity contribution in [3.05, 3.63) is 46.9 Å². The van der Waals surface area contributed by atoms with Gasteiger partial charge in [0.25, 0.3) is 0 Å². The smallest absolute Gasteiger partial charge is 0.190 e. The maximum Gasteiger partial charge on any atom is 0.190 e. The van der Waals surface area contributed by atoms with Crippen molar-refractivity contribution in [2.24, 2.45) is 0 Å². The Labute approximate surface area is 133 Å². The molecule has 4 nitrogen and oxygen atoms in total. The number of hydrogen-bond acceptors (Lipinski definition) is 5. The third kappa shape index (κ3) is 3.74. The highest BCUT2D eigenvalue weighted by Crippen LogP contribution is 2.26. The second-order valence-corrected chi connectivity index (χ2v) is 6.34. The van der Waals surface area contributed by atoms with E-state index < -0.39 is 0 Å². The van der Waals surface area contributed by atoms with E-state index in [-0.39, 0.29) is 23.6 Å². The monoisotopic (exact) mass is 316 g/mol. The van der Waals surface area contributed by atoms with Crippen molar-refractivity contribution >= 4 is 17.6 Å². The van der Waals surface area contributed by atoms with Crippen molar-refractivity contribution in [3.8, 4) is 6.07 Å². The van der Waals surface area contributed by atoms with Crippen LogP contribution >= 0.6 is 11.8 Å². The molecule has 0 saturated heterocycles. The van der Waals surface area contributed by atoms with Gasteiger partial charge < -0.3 is 5.73 Å². The summed E-state index contributed by atoms with van der Waals surface area (Å²) in [7, 11) is 0. The van der Waals surface area contributed by atoms with Crippen molar-refractivity contribution in [1.29, 1.82) is 5.26 Å². The number of nitrogens with two attached hydrogens (primary N) is 1. The number of nitrogen functional groups attached to an aromatic ring is 1. The summed E-state index contributed by atoms with van der Waals surface area (Å²) in [6.07, 6.45) is 1.19. The predicted molar refractivity (Wildman–Crippen MR) is 86.0 cm³/mol. The molecule has 0 aliphatic rings. The first-order valence-electron chi connectivity index (χ1n) is 7.01. The van der Waals surface area contributed by atoms with Gasteiger partial charge in [0.05, 0.1) is 5.69 Å². The van der Waals surface area contributed by atoms with Gasteiger partial charge in [0.15, 0.2) is 5.16 Å². The lowest BCUT2D eigenvalue weighted by Crippen LogP contribution is -2.08. The van der Waals surface area contributed by atoms with Crippen LogP contribution < -0.4 is 5.73 Å². The van der Waals surface area contributed by atoms with E-state index in [2.05, 4.69) is 23.8 Å². The molecule has 0 aliphatic heterocycles. The Hall–Kier alpha value is -2.13. The fraction of sp³-hybridized carbons (Fsp3) is 0.312. The number of halogens is 1. The van der Waals surface area contributed by atoms with Crippen LogP contribution in [-0.4, -0.2) is 15.2 Å². The normalized spacial score (nSPS) is 11.9. The van der Waals surface area contributed by atoms with Crippen LogP contribution in [0.5, 0.6) is 0 Å². The fourth-order valence-electron chi connectivity index (χ4n) is 1.89. The van der Waals surface area contributed by atoms with E-state index in [1.54, 1.807) is 18.2 Å². The summed E-state index contributed by atoms with van der Waals surface area (Å²) in [4.78, 5) is 8.58. The fourth-order valence-corrected chi connectivity index (χ4v) is 2.73. The van der Waals surface area contributed by atoms with Crippen LogP contribution in [0, 0.1) is 17.1 Å². The topological polar surface area (TPSA) is 75.6 Å². The summed E-state index contributed by atoms with van der Waals surface area (Å²) in [5.41, 5.74) is 7.03. The van der Waals surface area contributed by atoms with Gasteiger partial charge in [-0.1, -0.05) is 43.8 Å². The molecule has 0 saturated carbocycles. The second-order valence-electron chi connectivity index (χ2n) is 4.93. The summed E-state index contributed by atoms with van der Waals surface area (Å²) in [6.45, 7) is 4.14. The van der Waals surface area contributed by atoms with Gasteiger partial charge in [0.2, 0.25) is 0 Å². The van der Waals surface area contributed by atoms with Crippen LogP contribution in [0.2, 0.25) is 0 Å². The number of nitriles is 1. The minimum Gasteiger partial charge on any atom is -0.382 e. The Morgan fingerprint density at radius 2 is 2.09 bits per heavy atom. The Morgan fingerprint density at radius 1 is 1.36 bits per heavy atom. The van der Waals surface area contributed by atoms with E-state index in [1.165, 1.54) is 17.8 Å². The second kappa shape index (κ2) is 7.23. The predicted octanol–water partition coefficient (Wildman–Crippen LogP) is 3.55. The third-order valence-corrected chi connectivity index (χ3v) is 4.43. The van der Waals surface area contributed by atoms with Gasteiger partial charge in [-0.3, -0.25) is 0 Å². The minimum atomic E-state index is -0.320. The maximum atomic E-state index is 13.8. The zero-order valence-corrected chi connectivity index (χ0v) is 13.3. The maximum absolute atomic E-state index is 13.8. The molecule has 2 rings (SSSR count). The van der Waals surface area contributed by atoms with Crippen molar-refractivity contribution < 1.29 is 4.39 Å². The molecule has 6 heteroatoms. The summed E-state index contributed by atoms with van der Waals surface area (Å²) in [5.74, 6) is -0.172. The van der Waals surface area contributed by atoms with Crippen LogP contribution in [0.15, 0.2) is 29.4 Å². The molecule has 1 aromatic heterocycles. The number of anilines is 1. The van der Waals surface area contributed by atoms with Crippen LogP contribution in [0.25, 0.3) is 0 Å². The average Bonchev–Trinajstić information content (AvgIpc) is 2.49. The van der Waals surface area contributed by atoms with Gasteiger partial charge in [-0.25, -0.2) is 14.4 Å². The Kier molecular flexibility index (Phi) is 5.34. The first-order valence-corrected chi connectivity index (χ1v) is 7.89. The summed E-state index contributed by atoms with van der Waals surface area (Å²) >= 11 is 1.50. The highest BCUT2D eigenvalue weighted by atomic mass is 32.2. The molecule has 22 heavy (non-hydrogen) atoms. The first-order chi connectivity index (χ1) is 10.5. The zero-order chi connectivity index (χ0) is 16.1. The van der Waals surface area contributed by atoms with E-state index in [0.717, 1.165) is 6.42 Å².